The Morgan fingerprint density at radius 3 is 2.81 bits per heavy atom. The largest absolute Gasteiger partial charge is 0.493 e. The summed E-state index contributed by atoms with van der Waals surface area (Å²) in [5, 5.41) is 5.92. The third kappa shape index (κ3) is 8.32. The molecule has 0 unspecified atom stereocenters. The number of amides is 1. The molecule has 1 rings (SSSR count). The molecule has 1 amide bonds. The van der Waals surface area contributed by atoms with Gasteiger partial charge in [-0.2, -0.15) is 0 Å². The van der Waals surface area contributed by atoms with E-state index in [4.69, 9.17) is 4.74 Å². The first-order valence-electron chi connectivity index (χ1n) is 7.44. The molecular weight excluding hydrogens is 266 g/mol. The number of carbonyl (C=O) groups excluding carboxylic acids is 1. The van der Waals surface area contributed by atoms with Gasteiger partial charge in [0.1, 0.15) is 5.75 Å². The molecule has 5 heteroatoms. The van der Waals surface area contributed by atoms with Crippen molar-refractivity contribution in [1.82, 2.24) is 10.2 Å². The highest BCUT2D eigenvalue weighted by Gasteiger charge is 2.03. The van der Waals surface area contributed by atoms with E-state index in [0.717, 1.165) is 37.4 Å². The van der Waals surface area contributed by atoms with Crippen LogP contribution in [-0.4, -0.2) is 51.6 Å². The van der Waals surface area contributed by atoms with Gasteiger partial charge in [-0.3, -0.25) is 4.79 Å². The highest BCUT2D eigenvalue weighted by Crippen LogP contribution is 2.17. The highest BCUT2D eigenvalue weighted by atomic mass is 16.5. The van der Waals surface area contributed by atoms with Crippen LogP contribution in [0.25, 0.3) is 0 Å². The van der Waals surface area contributed by atoms with Gasteiger partial charge in [0.2, 0.25) is 5.91 Å². The summed E-state index contributed by atoms with van der Waals surface area (Å²) in [6, 6.07) is 7.55. The van der Waals surface area contributed by atoms with Crippen molar-refractivity contribution in [2.45, 2.75) is 19.3 Å². The maximum atomic E-state index is 11.7. The summed E-state index contributed by atoms with van der Waals surface area (Å²) in [7, 11) is 5.98. The van der Waals surface area contributed by atoms with Gasteiger partial charge < -0.3 is 20.3 Å². The number of anilines is 1. The molecule has 0 radical (unpaired) electrons. The first-order valence-corrected chi connectivity index (χ1v) is 7.44. The molecule has 0 spiro atoms. The summed E-state index contributed by atoms with van der Waals surface area (Å²) >= 11 is 0. The summed E-state index contributed by atoms with van der Waals surface area (Å²) < 4.78 is 5.69. The zero-order chi connectivity index (χ0) is 15.5. The van der Waals surface area contributed by atoms with Crippen molar-refractivity contribution in [3.05, 3.63) is 24.3 Å². The quantitative estimate of drug-likeness (QED) is 0.648. The van der Waals surface area contributed by atoms with E-state index in [-0.39, 0.29) is 5.91 Å². The van der Waals surface area contributed by atoms with E-state index in [0.29, 0.717) is 13.0 Å². The Kier molecular flexibility index (Phi) is 8.47. The van der Waals surface area contributed by atoms with Crippen molar-refractivity contribution in [3.63, 3.8) is 0 Å². The van der Waals surface area contributed by atoms with Crippen molar-refractivity contribution in [2.75, 3.05) is 46.2 Å². The van der Waals surface area contributed by atoms with Crippen molar-refractivity contribution < 1.29 is 9.53 Å². The number of rotatable bonds is 10. The van der Waals surface area contributed by atoms with Gasteiger partial charge in [0, 0.05) is 24.7 Å². The van der Waals surface area contributed by atoms with Gasteiger partial charge in [-0.15, -0.1) is 0 Å². The first-order chi connectivity index (χ1) is 10.1. The molecule has 0 heterocycles. The molecular formula is C16H27N3O2. The summed E-state index contributed by atoms with van der Waals surface area (Å²) in [5.41, 5.74) is 0.787. The van der Waals surface area contributed by atoms with Gasteiger partial charge in [-0.1, -0.05) is 6.07 Å². The summed E-state index contributed by atoms with van der Waals surface area (Å²) in [6.07, 6.45) is 2.34. The summed E-state index contributed by atoms with van der Waals surface area (Å²) in [5.74, 6) is 0.830. The van der Waals surface area contributed by atoms with Crippen LogP contribution in [0, 0.1) is 0 Å². The lowest BCUT2D eigenvalue weighted by Gasteiger charge is -2.11. The molecule has 0 atom stereocenters. The van der Waals surface area contributed by atoms with Gasteiger partial charge >= 0.3 is 0 Å². The Hall–Kier alpha value is -1.59. The average molecular weight is 293 g/mol. The van der Waals surface area contributed by atoms with Crippen molar-refractivity contribution in [1.29, 1.82) is 0 Å². The van der Waals surface area contributed by atoms with Gasteiger partial charge in [0.05, 0.1) is 6.61 Å². The molecule has 0 saturated carbocycles. The molecule has 1 aromatic rings. The molecule has 0 aliphatic rings. The van der Waals surface area contributed by atoms with E-state index < -0.39 is 0 Å². The normalized spacial score (nSPS) is 10.7. The lowest BCUT2D eigenvalue weighted by molar-refractivity contribution is -0.116. The first kappa shape index (κ1) is 17.5. The van der Waals surface area contributed by atoms with E-state index in [1.807, 2.05) is 45.4 Å². The number of ether oxygens (including phenoxy) is 1. The van der Waals surface area contributed by atoms with Gasteiger partial charge in [0.15, 0.2) is 0 Å². The summed E-state index contributed by atoms with van der Waals surface area (Å²) in [4.78, 5) is 13.9. The molecule has 1 aromatic carbocycles. The highest BCUT2D eigenvalue weighted by molar-refractivity contribution is 5.90. The molecule has 5 nitrogen and oxygen atoms in total. The third-order valence-corrected chi connectivity index (χ3v) is 2.97. The maximum absolute atomic E-state index is 11.7. The Morgan fingerprint density at radius 1 is 1.29 bits per heavy atom. The molecule has 118 valence electrons. The topological polar surface area (TPSA) is 53.6 Å². The van der Waals surface area contributed by atoms with E-state index in [1.165, 1.54) is 0 Å². The number of hydrogen-bond donors (Lipinski definition) is 2. The predicted octanol–water partition coefficient (Wildman–Crippen LogP) is 1.96. The third-order valence-electron chi connectivity index (χ3n) is 2.97. The molecule has 0 aliphatic carbocycles. The Balaban J connectivity index is 2.35. The molecule has 0 saturated heterocycles. The Morgan fingerprint density at radius 2 is 2.10 bits per heavy atom. The Labute approximate surface area is 127 Å². The minimum Gasteiger partial charge on any atom is -0.493 e. The maximum Gasteiger partial charge on any atom is 0.224 e. The fraction of sp³-hybridized carbons (Fsp3) is 0.562. The molecule has 0 aromatic heterocycles. The van der Waals surface area contributed by atoms with Crippen molar-refractivity contribution in [3.8, 4) is 5.75 Å². The van der Waals surface area contributed by atoms with Crippen LogP contribution in [-0.2, 0) is 4.79 Å². The lowest BCUT2D eigenvalue weighted by Crippen LogP contribution is -2.16. The van der Waals surface area contributed by atoms with Crippen molar-refractivity contribution >= 4 is 11.6 Å². The smallest absolute Gasteiger partial charge is 0.224 e. The fourth-order valence-electron chi connectivity index (χ4n) is 1.88. The molecule has 0 bridgehead atoms. The van der Waals surface area contributed by atoms with E-state index in [2.05, 4.69) is 15.5 Å². The van der Waals surface area contributed by atoms with E-state index in [9.17, 15) is 4.79 Å². The van der Waals surface area contributed by atoms with Crippen LogP contribution in [0.4, 0.5) is 5.69 Å². The fourth-order valence-corrected chi connectivity index (χ4v) is 1.88. The zero-order valence-corrected chi connectivity index (χ0v) is 13.3. The molecule has 21 heavy (non-hydrogen) atoms. The molecule has 0 aliphatic heterocycles. The number of carbonyl (C=O) groups is 1. The number of hydrogen-bond acceptors (Lipinski definition) is 4. The number of nitrogens with one attached hydrogen (secondary N) is 2. The van der Waals surface area contributed by atoms with Crippen LogP contribution in [0.1, 0.15) is 19.3 Å². The van der Waals surface area contributed by atoms with Crippen LogP contribution in [0.3, 0.4) is 0 Å². The molecule has 2 N–H and O–H groups in total. The van der Waals surface area contributed by atoms with Gasteiger partial charge in [-0.05, 0) is 52.7 Å². The standard InChI is InChI=1S/C16H27N3O2/c1-17-10-5-9-16(20)18-14-7-4-8-15(13-14)21-12-6-11-19(2)3/h4,7-8,13,17H,5-6,9-12H2,1-3H3,(H,18,20). The Bertz CT molecular complexity index is 422. The number of nitrogens with zero attached hydrogens (tertiary/aromatic N) is 1. The lowest BCUT2D eigenvalue weighted by atomic mass is 10.2. The number of benzene rings is 1. The van der Waals surface area contributed by atoms with Crippen LogP contribution in [0.5, 0.6) is 5.75 Å². The second-order valence-electron chi connectivity index (χ2n) is 5.29. The van der Waals surface area contributed by atoms with Crippen LogP contribution in [0.15, 0.2) is 24.3 Å². The van der Waals surface area contributed by atoms with Gasteiger partial charge in [-0.25, -0.2) is 0 Å². The molecule has 0 fully saturated rings. The van der Waals surface area contributed by atoms with E-state index in [1.54, 1.807) is 0 Å². The SMILES string of the molecule is CNCCCC(=O)Nc1cccc(OCCCN(C)C)c1. The predicted molar refractivity (Wildman–Crippen MR) is 86.9 cm³/mol. The average Bonchev–Trinajstić information content (AvgIpc) is 2.44. The minimum atomic E-state index is 0.0370. The minimum absolute atomic E-state index is 0.0370. The monoisotopic (exact) mass is 293 g/mol. The zero-order valence-electron chi connectivity index (χ0n) is 13.3. The van der Waals surface area contributed by atoms with Crippen LogP contribution in [0.2, 0.25) is 0 Å². The van der Waals surface area contributed by atoms with Gasteiger partial charge in [0.25, 0.3) is 0 Å². The van der Waals surface area contributed by atoms with Crippen LogP contribution >= 0.6 is 0 Å². The second kappa shape index (κ2) is 10.2. The van der Waals surface area contributed by atoms with E-state index >= 15 is 0 Å². The second-order valence-corrected chi connectivity index (χ2v) is 5.29. The van der Waals surface area contributed by atoms with Crippen molar-refractivity contribution in [2.24, 2.45) is 0 Å². The van der Waals surface area contributed by atoms with Crippen LogP contribution < -0.4 is 15.4 Å². The summed E-state index contributed by atoms with van der Waals surface area (Å²) in [6.45, 7) is 2.53.